The molecule has 1 aromatic heterocycles. The number of hydrogen-bond acceptors (Lipinski definition) is 5. The van der Waals surface area contributed by atoms with Crippen molar-refractivity contribution in [2.45, 2.75) is 39.4 Å². The van der Waals surface area contributed by atoms with Crippen molar-refractivity contribution in [1.29, 1.82) is 0 Å². The minimum absolute atomic E-state index is 0.301. The van der Waals surface area contributed by atoms with E-state index >= 15 is 0 Å². The third-order valence-electron chi connectivity index (χ3n) is 4.54. The Labute approximate surface area is 141 Å². The zero-order valence-electron chi connectivity index (χ0n) is 14.6. The van der Waals surface area contributed by atoms with E-state index in [1.54, 1.807) is 19.2 Å². The predicted octanol–water partition coefficient (Wildman–Crippen LogP) is 2.98. The van der Waals surface area contributed by atoms with Crippen molar-refractivity contribution in [1.82, 2.24) is 15.2 Å². The molecular formula is C18H24FN3O2. The van der Waals surface area contributed by atoms with Crippen LogP contribution in [-0.4, -0.2) is 42.2 Å². The van der Waals surface area contributed by atoms with Crippen molar-refractivity contribution >= 4 is 0 Å². The number of hydrogen-bond donors (Lipinski definition) is 1. The molecule has 1 aliphatic heterocycles. The second kappa shape index (κ2) is 6.91. The Hall–Kier alpha value is -1.92. The van der Waals surface area contributed by atoms with Crippen molar-refractivity contribution in [3.05, 3.63) is 35.5 Å². The molecule has 0 amide bonds. The van der Waals surface area contributed by atoms with Crippen LogP contribution < -0.4 is 10.1 Å². The number of nitrogens with zero attached hydrogens (tertiary/aromatic N) is 2. The van der Waals surface area contributed by atoms with Crippen LogP contribution in [0.15, 0.2) is 22.6 Å². The van der Waals surface area contributed by atoms with Crippen molar-refractivity contribution in [2.75, 3.05) is 20.2 Å². The molecule has 6 heteroatoms. The van der Waals surface area contributed by atoms with Crippen LogP contribution in [0.3, 0.4) is 0 Å². The maximum Gasteiger partial charge on any atom is 0.229 e. The molecule has 1 aliphatic rings. The topological polar surface area (TPSA) is 50.5 Å². The molecule has 0 bridgehead atoms. The molecule has 2 atom stereocenters. The van der Waals surface area contributed by atoms with Gasteiger partial charge in [-0.1, -0.05) is 0 Å². The highest BCUT2D eigenvalue weighted by Crippen LogP contribution is 2.28. The summed E-state index contributed by atoms with van der Waals surface area (Å²) >= 11 is 0. The van der Waals surface area contributed by atoms with E-state index < -0.39 is 0 Å². The van der Waals surface area contributed by atoms with Gasteiger partial charge < -0.3 is 14.5 Å². The molecule has 0 aliphatic carbocycles. The summed E-state index contributed by atoms with van der Waals surface area (Å²) in [5.74, 6) is 1.24. The fourth-order valence-corrected chi connectivity index (χ4v) is 3.00. The Morgan fingerprint density at radius 3 is 2.96 bits per heavy atom. The van der Waals surface area contributed by atoms with Gasteiger partial charge in [0.15, 0.2) is 0 Å². The smallest absolute Gasteiger partial charge is 0.229 e. The van der Waals surface area contributed by atoms with E-state index in [1.807, 2.05) is 6.92 Å². The minimum atomic E-state index is -0.368. The lowest BCUT2D eigenvalue weighted by atomic mass is 10.1. The number of benzene rings is 1. The highest BCUT2D eigenvalue weighted by molar-refractivity contribution is 5.57. The van der Waals surface area contributed by atoms with Crippen molar-refractivity contribution in [3.8, 4) is 17.2 Å². The van der Waals surface area contributed by atoms with E-state index in [2.05, 4.69) is 29.0 Å². The molecular weight excluding hydrogens is 309 g/mol. The number of aromatic nitrogens is 1. The second-order valence-electron chi connectivity index (χ2n) is 6.46. The minimum Gasteiger partial charge on any atom is -0.497 e. The number of ether oxygens (including phenoxy) is 1. The SMILES string of the molecule is COc1ccc(F)c(-c2nc(CN3C[C@@H](C)NC[C@@H]3C)c(C)o2)c1. The summed E-state index contributed by atoms with van der Waals surface area (Å²) in [7, 11) is 1.55. The van der Waals surface area contributed by atoms with E-state index in [4.69, 9.17) is 9.15 Å². The Kier molecular flexibility index (Phi) is 4.87. The van der Waals surface area contributed by atoms with E-state index in [9.17, 15) is 4.39 Å². The molecule has 2 aromatic rings. The Morgan fingerprint density at radius 1 is 1.42 bits per heavy atom. The fourth-order valence-electron chi connectivity index (χ4n) is 3.00. The molecule has 5 nitrogen and oxygen atoms in total. The van der Waals surface area contributed by atoms with Crippen LogP contribution in [0.2, 0.25) is 0 Å². The lowest BCUT2D eigenvalue weighted by molar-refractivity contribution is 0.137. The Balaban J connectivity index is 1.85. The summed E-state index contributed by atoms with van der Waals surface area (Å²) in [6, 6.07) is 5.44. The van der Waals surface area contributed by atoms with Crippen LogP contribution in [0.4, 0.5) is 4.39 Å². The quantitative estimate of drug-likeness (QED) is 0.932. The molecule has 0 unspecified atom stereocenters. The number of halogens is 1. The zero-order chi connectivity index (χ0) is 17.3. The highest BCUT2D eigenvalue weighted by atomic mass is 19.1. The average molecular weight is 333 g/mol. The van der Waals surface area contributed by atoms with E-state index in [0.29, 0.717) is 35.8 Å². The average Bonchev–Trinajstić information content (AvgIpc) is 2.92. The second-order valence-corrected chi connectivity index (χ2v) is 6.46. The number of methoxy groups -OCH3 is 1. The van der Waals surface area contributed by atoms with Gasteiger partial charge in [-0.3, -0.25) is 4.90 Å². The number of piperazine rings is 1. The van der Waals surface area contributed by atoms with Crippen LogP contribution in [0.25, 0.3) is 11.5 Å². The van der Waals surface area contributed by atoms with Gasteiger partial charge in [-0.2, -0.15) is 0 Å². The maximum absolute atomic E-state index is 14.1. The first kappa shape index (κ1) is 16.9. The van der Waals surface area contributed by atoms with Crippen molar-refractivity contribution in [3.63, 3.8) is 0 Å². The molecule has 0 spiro atoms. The molecule has 3 rings (SSSR count). The largest absolute Gasteiger partial charge is 0.497 e. The summed E-state index contributed by atoms with van der Waals surface area (Å²) in [4.78, 5) is 6.92. The molecule has 24 heavy (non-hydrogen) atoms. The number of rotatable bonds is 4. The lowest BCUT2D eigenvalue weighted by Crippen LogP contribution is -2.53. The van der Waals surface area contributed by atoms with Crippen molar-refractivity contribution in [2.24, 2.45) is 0 Å². The normalized spacial score (nSPS) is 21.9. The van der Waals surface area contributed by atoms with E-state index in [1.165, 1.54) is 6.07 Å². The fraction of sp³-hybridized carbons (Fsp3) is 0.500. The van der Waals surface area contributed by atoms with Gasteiger partial charge in [-0.15, -0.1) is 0 Å². The van der Waals surface area contributed by atoms with Crippen molar-refractivity contribution < 1.29 is 13.5 Å². The van der Waals surface area contributed by atoms with Gasteiger partial charge >= 0.3 is 0 Å². The van der Waals surface area contributed by atoms with Gasteiger partial charge in [0.05, 0.1) is 18.4 Å². The molecule has 1 N–H and O–H groups in total. The predicted molar refractivity (Wildman–Crippen MR) is 90.5 cm³/mol. The van der Waals surface area contributed by atoms with Crippen LogP contribution >= 0.6 is 0 Å². The van der Waals surface area contributed by atoms with E-state index in [-0.39, 0.29) is 5.82 Å². The summed E-state index contributed by atoms with van der Waals surface area (Å²) < 4.78 is 25.0. The van der Waals surface area contributed by atoms with Gasteiger partial charge in [-0.05, 0) is 39.0 Å². The Morgan fingerprint density at radius 2 is 2.21 bits per heavy atom. The van der Waals surface area contributed by atoms with Gasteiger partial charge in [0, 0.05) is 31.7 Å². The number of nitrogens with one attached hydrogen (secondary N) is 1. The molecule has 1 saturated heterocycles. The monoisotopic (exact) mass is 333 g/mol. The van der Waals surface area contributed by atoms with Gasteiger partial charge in [-0.25, -0.2) is 9.37 Å². The maximum atomic E-state index is 14.1. The summed E-state index contributed by atoms with van der Waals surface area (Å²) in [6.45, 7) is 8.85. The Bertz CT molecular complexity index is 716. The van der Waals surface area contributed by atoms with Gasteiger partial charge in [0.25, 0.3) is 0 Å². The zero-order valence-corrected chi connectivity index (χ0v) is 14.6. The summed E-state index contributed by atoms with van der Waals surface area (Å²) in [5, 5.41) is 3.46. The first-order chi connectivity index (χ1) is 11.5. The number of oxazole rings is 1. The molecule has 2 heterocycles. The van der Waals surface area contributed by atoms with Gasteiger partial charge in [0.1, 0.15) is 17.3 Å². The lowest BCUT2D eigenvalue weighted by Gasteiger charge is -2.37. The first-order valence-electron chi connectivity index (χ1n) is 8.25. The van der Waals surface area contributed by atoms with Gasteiger partial charge in [0.2, 0.25) is 5.89 Å². The van der Waals surface area contributed by atoms with Crippen LogP contribution in [-0.2, 0) is 6.54 Å². The highest BCUT2D eigenvalue weighted by Gasteiger charge is 2.25. The molecule has 1 fully saturated rings. The third kappa shape index (κ3) is 3.44. The van der Waals surface area contributed by atoms with Crippen LogP contribution in [0.1, 0.15) is 25.3 Å². The third-order valence-corrected chi connectivity index (χ3v) is 4.54. The molecule has 1 aromatic carbocycles. The first-order valence-corrected chi connectivity index (χ1v) is 8.25. The number of aryl methyl sites for hydroxylation is 1. The van der Waals surface area contributed by atoms with Crippen LogP contribution in [0.5, 0.6) is 5.75 Å². The molecule has 0 saturated carbocycles. The molecule has 130 valence electrons. The van der Waals surface area contributed by atoms with E-state index in [0.717, 1.165) is 24.5 Å². The summed E-state index contributed by atoms with van der Waals surface area (Å²) in [5.41, 5.74) is 1.18. The van der Waals surface area contributed by atoms with Crippen LogP contribution in [0, 0.1) is 12.7 Å². The summed E-state index contributed by atoms with van der Waals surface area (Å²) in [6.07, 6.45) is 0. The standard InChI is InChI=1S/C18H24FN3O2/c1-11-9-22(12(2)8-20-11)10-17-13(3)24-18(21-17)15-7-14(23-4)5-6-16(15)19/h5-7,11-12,20H,8-10H2,1-4H3/t11-,12+/m1/s1. The molecule has 0 radical (unpaired) electrons.